The molecule has 2 aromatic carbocycles. The molecule has 2 rings (SSSR count). The van der Waals surface area contributed by atoms with Crippen molar-refractivity contribution >= 4 is 0 Å². The first-order valence-electron chi connectivity index (χ1n) is 6.77. The number of phenolic OH excluding ortho intramolecular Hbond substituents is 1. The third-order valence-corrected chi connectivity index (χ3v) is 3.11. The minimum Gasteiger partial charge on any atom is -0.504 e. The standard InChI is InChI=1S/C17H20O3/c1-19-17-12-14(9-10-16(17)18)8-5-11-20-13-15-6-3-2-4-7-15/h2-4,6-7,9-10,12,18H,5,8,11,13H2,1H3. The van der Waals surface area contributed by atoms with Crippen molar-refractivity contribution in [2.24, 2.45) is 0 Å². The maximum absolute atomic E-state index is 9.52. The molecule has 3 nitrogen and oxygen atoms in total. The minimum atomic E-state index is 0.177. The van der Waals surface area contributed by atoms with E-state index in [0.29, 0.717) is 12.4 Å². The first-order valence-corrected chi connectivity index (χ1v) is 6.77. The summed E-state index contributed by atoms with van der Waals surface area (Å²) in [5.41, 5.74) is 2.33. The van der Waals surface area contributed by atoms with Crippen molar-refractivity contribution in [1.82, 2.24) is 0 Å². The first kappa shape index (κ1) is 14.4. The third kappa shape index (κ3) is 4.28. The Hall–Kier alpha value is -2.00. The van der Waals surface area contributed by atoms with Crippen LogP contribution in [0.5, 0.6) is 11.5 Å². The highest BCUT2D eigenvalue weighted by atomic mass is 16.5. The zero-order valence-corrected chi connectivity index (χ0v) is 11.7. The van der Waals surface area contributed by atoms with Crippen molar-refractivity contribution < 1.29 is 14.6 Å². The molecule has 0 aliphatic carbocycles. The van der Waals surface area contributed by atoms with Gasteiger partial charge in [0.15, 0.2) is 11.5 Å². The molecule has 0 heterocycles. The second-order valence-corrected chi connectivity index (χ2v) is 4.65. The van der Waals surface area contributed by atoms with Crippen LogP contribution in [0.25, 0.3) is 0 Å². The molecule has 0 saturated carbocycles. The smallest absolute Gasteiger partial charge is 0.160 e. The molecule has 0 aliphatic heterocycles. The van der Waals surface area contributed by atoms with Gasteiger partial charge in [-0.25, -0.2) is 0 Å². The summed E-state index contributed by atoms with van der Waals surface area (Å²) in [6.07, 6.45) is 1.85. The van der Waals surface area contributed by atoms with Gasteiger partial charge >= 0.3 is 0 Å². The van der Waals surface area contributed by atoms with Gasteiger partial charge in [-0.2, -0.15) is 0 Å². The molecule has 2 aromatic rings. The fourth-order valence-electron chi connectivity index (χ4n) is 2.02. The fraction of sp³-hybridized carbons (Fsp3) is 0.294. The molecule has 0 aromatic heterocycles. The van der Waals surface area contributed by atoms with Crippen molar-refractivity contribution in [2.75, 3.05) is 13.7 Å². The van der Waals surface area contributed by atoms with E-state index >= 15 is 0 Å². The van der Waals surface area contributed by atoms with Gasteiger partial charge in [0.1, 0.15) is 0 Å². The quantitative estimate of drug-likeness (QED) is 0.783. The Morgan fingerprint density at radius 1 is 1.00 bits per heavy atom. The summed E-state index contributed by atoms with van der Waals surface area (Å²) >= 11 is 0. The number of aromatic hydroxyl groups is 1. The number of hydrogen-bond donors (Lipinski definition) is 1. The van der Waals surface area contributed by atoms with Gasteiger partial charge in [-0.1, -0.05) is 36.4 Å². The molecule has 0 amide bonds. The van der Waals surface area contributed by atoms with Gasteiger partial charge in [-0.15, -0.1) is 0 Å². The molecule has 20 heavy (non-hydrogen) atoms. The van der Waals surface area contributed by atoms with Gasteiger partial charge in [0.25, 0.3) is 0 Å². The minimum absolute atomic E-state index is 0.177. The second kappa shape index (κ2) is 7.56. The molecule has 0 saturated heterocycles. The van der Waals surface area contributed by atoms with Gasteiger partial charge in [0.2, 0.25) is 0 Å². The van der Waals surface area contributed by atoms with Crippen LogP contribution in [-0.2, 0) is 17.8 Å². The van der Waals surface area contributed by atoms with Gasteiger partial charge < -0.3 is 14.6 Å². The predicted octanol–water partition coefficient (Wildman–Crippen LogP) is 3.55. The Balaban J connectivity index is 1.71. The van der Waals surface area contributed by atoms with Gasteiger partial charge in [-0.05, 0) is 36.1 Å². The monoisotopic (exact) mass is 272 g/mol. The molecular weight excluding hydrogens is 252 g/mol. The molecule has 0 atom stereocenters. The molecule has 3 heteroatoms. The number of phenols is 1. The van der Waals surface area contributed by atoms with Crippen molar-refractivity contribution in [1.29, 1.82) is 0 Å². The summed E-state index contributed by atoms with van der Waals surface area (Å²) in [6, 6.07) is 15.6. The van der Waals surface area contributed by atoms with E-state index in [1.54, 1.807) is 13.2 Å². The lowest BCUT2D eigenvalue weighted by atomic mass is 10.1. The van der Waals surface area contributed by atoms with E-state index in [1.807, 2.05) is 30.3 Å². The van der Waals surface area contributed by atoms with Gasteiger partial charge in [-0.3, -0.25) is 0 Å². The van der Waals surface area contributed by atoms with Crippen LogP contribution < -0.4 is 4.74 Å². The lowest BCUT2D eigenvalue weighted by Gasteiger charge is -2.07. The number of methoxy groups -OCH3 is 1. The Morgan fingerprint density at radius 3 is 2.55 bits per heavy atom. The molecular formula is C17H20O3. The zero-order chi connectivity index (χ0) is 14.2. The van der Waals surface area contributed by atoms with Crippen molar-refractivity contribution in [2.45, 2.75) is 19.4 Å². The third-order valence-electron chi connectivity index (χ3n) is 3.11. The SMILES string of the molecule is COc1cc(CCCOCc2ccccc2)ccc1O. The molecule has 106 valence electrons. The Bertz CT molecular complexity index is 523. The molecule has 0 fully saturated rings. The van der Waals surface area contributed by atoms with Crippen molar-refractivity contribution in [3.05, 3.63) is 59.7 Å². The first-order chi connectivity index (χ1) is 9.79. The van der Waals surface area contributed by atoms with Crippen LogP contribution in [0.2, 0.25) is 0 Å². The molecule has 0 aliphatic rings. The number of benzene rings is 2. The van der Waals surface area contributed by atoms with E-state index in [2.05, 4.69) is 12.1 Å². The fourth-order valence-corrected chi connectivity index (χ4v) is 2.02. The van der Waals surface area contributed by atoms with E-state index in [9.17, 15) is 5.11 Å². The number of rotatable bonds is 7. The maximum Gasteiger partial charge on any atom is 0.160 e. The van der Waals surface area contributed by atoms with Crippen LogP contribution in [0.3, 0.4) is 0 Å². The van der Waals surface area contributed by atoms with Crippen LogP contribution in [0.1, 0.15) is 17.5 Å². The molecule has 0 radical (unpaired) electrons. The lowest BCUT2D eigenvalue weighted by Crippen LogP contribution is -1.97. The van der Waals surface area contributed by atoms with Crippen LogP contribution >= 0.6 is 0 Å². The summed E-state index contributed by atoms with van der Waals surface area (Å²) in [4.78, 5) is 0. The largest absolute Gasteiger partial charge is 0.504 e. The van der Waals surface area contributed by atoms with E-state index in [4.69, 9.17) is 9.47 Å². The highest BCUT2D eigenvalue weighted by Gasteiger charge is 2.02. The Kier molecular flexibility index (Phi) is 5.44. The molecule has 0 bridgehead atoms. The summed E-state index contributed by atoms with van der Waals surface area (Å²) in [6.45, 7) is 1.37. The van der Waals surface area contributed by atoms with Crippen molar-refractivity contribution in [3.63, 3.8) is 0 Å². The highest BCUT2D eigenvalue weighted by Crippen LogP contribution is 2.26. The molecule has 0 unspecified atom stereocenters. The summed E-state index contributed by atoms with van der Waals surface area (Å²) in [5.74, 6) is 0.698. The van der Waals surface area contributed by atoms with E-state index in [-0.39, 0.29) is 5.75 Å². The Morgan fingerprint density at radius 2 is 1.80 bits per heavy atom. The van der Waals surface area contributed by atoms with Crippen LogP contribution in [0.15, 0.2) is 48.5 Å². The van der Waals surface area contributed by atoms with E-state index < -0.39 is 0 Å². The average molecular weight is 272 g/mol. The van der Waals surface area contributed by atoms with Gasteiger partial charge in [0.05, 0.1) is 13.7 Å². The number of hydrogen-bond acceptors (Lipinski definition) is 3. The van der Waals surface area contributed by atoms with Gasteiger partial charge in [0, 0.05) is 6.61 Å². The predicted molar refractivity (Wildman–Crippen MR) is 79.1 cm³/mol. The summed E-state index contributed by atoms with van der Waals surface area (Å²) in [7, 11) is 1.56. The van der Waals surface area contributed by atoms with E-state index in [0.717, 1.165) is 25.0 Å². The normalized spacial score (nSPS) is 10.4. The zero-order valence-electron chi connectivity index (χ0n) is 11.7. The highest BCUT2D eigenvalue weighted by molar-refractivity contribution is 5.41. The number of aryl methyl sites for hydroxylation is 1. The van der Waals surface area contributed by atoms with E-state index in [1.165, 1.54) is 5.56 Å². The second-order valence-electron chi connectivity index (χ2n) is 4.65. The molecule has 1 N–H and O–H groups in total. The average Bonchev–Trinajstić information content (AvgIpc) is 2.49. The van der Waals surface area contributed by atoms with Crippen LogP contribution in [0.4, 0.5) is 0 Å². The maximum atomic E-state index is 9.52. The molecule has 0 spiro atoms. The van der Waals surface area contributed by atoms with Crippen molar-refractivity contribution in [3.8, 4) is 11.5 Å². The lowest BCUT2D eigenvalue weighted by molar-refractivity contribution is 0.118. The Labute approximate surface area is 119 Å². The van der Waals surface area contributed by atoms with Crippen LogP contribution in [-0.4, -0.2) is 18.8 Å². The topological polar surface area (TPSA) is 38.7 Å². The summed E-state index contributed by atoms with van der Waals surface area (Å²) < 4.78 is 10.7. The van der Waals surface area contributed by atoms with Crippen LogP contribution in [0, 0.1) is 0 Å². The summed E-state index contributed by atoms with van der Waals surface area (Å²) in [5, 5.41) is 9.52. The number of ether oxygens (including phenoxy) is 2.